The third-order valence-corrected chi connectivity index (χ3v) is 3.44. The second kappa shape index (κ2) is 6.72. The largest absolute Gasteiger partial charge is 0.480 e. The smallest absolute Gasteiger partial charge is 0.326 e. The Balaban J connectivity index is 2.63. The summed E-state index contributed by atoms with van der Waals surface area (Å²) >= 11 is 0. The van der Waals surface area contributed by atoms with Gasteiger partial charge in [-0.3, -0.25) is 9.59 Å². The highest BCUT2D eigenvalue weighted by atomic mass is 16.4. The van der Waals surface area contributed by atoms with Crippen LogP contribution in [0.3, 0.4) is 0 Å². The van der Waals surface area contributed by atoms with Crippen molar-refractivity contribution >= 4 is 17.8 Å². The van der Waals surface area contributed by atoms with E-state index in [1.54, 1.807) is 20.8 Å². The Hall–Kier alpha value is -1.59. The zero-order chi connectivity index (χ0) is 15.3. The maximum absolute atomic E-state index is 12.1. The van der Waals surface area contributed by atoms with Gasteiger partial charge in [-0.15, -0.1) is 0 Å². The topological polar surface area (TPSA) is 86.7 Å². The molecule has 1 heterocycles. The van der Waals surface area contributed by atoms with E-state index in [4.69, 9.17) is 0 Å². The first kappa shape index (κ1) is 16.5. The molecule has 2 N–H and O–H groups in total. The summed E-state index contributed by atoms with van der Waals surface area (Å²) in [6.45, 7) is 5.59. The fourth-order valence-electron chi connectivity index (χ4n) is 2.19. The monoisotopic (exact) mass is 284 g/mol. The molecule has 20 heavy (non-hydrogen) atoms. The standard InChI is InChI=1S/C14H24N2O4/c1-14(2,3)13(20)15-9-11(17)16-8-6-4-5-7-10(16)12(18)19/h10H,4-9H2,1-3H3,(H,15,20)(H,18,19). The summed E-state index contributed by atoms with van der Waals surface area (Å²) in [7, 11) is 0. The highest BCUT2D eigenvalue weighted by molar-refractivity contribution is 5.89. The predicted molar refractivity (Wildman–Crippen MR) is 74.1 cm³/mol. The number of nitrogens with zero attached hydrogens (tertiary/aromatic N) is 1. The number of carbonyl (C=O) groups is 3. The minimum Gasteiger partial charge on any atom is -0.480 e. The van der Waals surface area contributed by atoms with Gasteiger partial charge in [-0.25, -0.2) is 4.79 Å². The minimum absolute atomic E-state index is 0.139. The van der Waals surface area contributed by atoms with E-state index in [-0.39, 0.29) is 18.4 Å². The number of likely N-dealkylation sites (tertiary alicyclic amines) is 1. The van der Waals surface area contributed by atoms with E-state index in [0.717, 1.165) is 19.3 Å². The lowest BCUT2D eigenvalue weighted by molar-refractivity contribution is -0.150. The van der Waals surface area contributed by atoms with Crippen LogP contribution in [-0.4, -0.2) is 46.9 Å². The Labute approximate surface area is 119 Å². The van der Waals surface area contributed by atoms with Gasteiger partial charge in [0, 0.05) is 12.0 Å². The lowest BCUT2D eigenvalue weighted by Crippen LogP contribution is -2.49. The maximum atomic E-state index is 12.1. The molecule has 0 bridgehead atoms. The first-order valence-corrected chi connectivity index (χ1v) is 7.04. The van der Waals surface area contributed by atoms with Crippen molar-refractivity contribution in [3.05, 3.63) is 0 Å². The van der Waals surface area contributed by atoms with Crippen molar-refractivity contribution in [3.63, 3.8) is 0 Å². The molecule has 1 unspecified atom stereocenters. The van der Waals surface area contributed by atoms with Crippen molar-refractivity contribution < 1.29 is 19.5 Å². The molecule has 6 heteroatoms. The highest BCUT2D eigenvalue weighted by Crippen LogP contribution is 2.17. The first-order valence-electron chi connectivity index (χ1n) is 7.04. The molecule has 0 aromatic heterocycles. The van der Waals surface area contributed by atoms with Crippen molar-refractivity contribution in [1.29, 1.82) is 0 Å². The summed E-state index contributed by atoms with van der Waals surface area (Å²) in [5, 5.41) is 11.8. The molecule has 1 saturated heterocycles. The lowest BCUT2D eigenvalue weighted by Gasteiger charge is -2.27. The molecule has 0 spiro atoms. The third kappa shape index (κ3) is 4.51. The third-order valence-electron chi connectivity index (χ3n) is 3.44. The van der Waals surface area contributed by atoms with Crippen molar-refractivity contribution in [2.75, 3.05) is 13.1 Å². The Kier molecular flexibility index (Phi) is 5.53. The number of rotatable bonds is 3. The van der Waals surface area contributed by atoms with Gasteiger partial charge in [-0.2, -0.15) is 0 Å². The average molecular weight is 284 g/mol. The van der Waals surface area contributed by atoms with Gasteiger partial charge in [-0.05, 0) is 12.8 Å². The average Bonchev–Trinajstić information content (AvgIpc) is 2.59. The molecule has 1 aliphatic heterocycles. The molecular weight excluding hydrogens is 260 g/mol. The van der Waals surface area contributed by atoms with Crippen molar-refractivity contribution in [2.45, 2.75) is 52.5 Å². The predicted octanol–water partition coefficient (Wildman–Crippen LogP) is 1.00. The highest BCUT2D eigenvalue weighted by Gasteiger charge is 2.31. The van der Waals surface area contributed by atoms with Gasteiger partial charge in [0.05, 0.1) is 6.54 Å². The molecule has 0 aromatic carbocycles. The Bertz CT molecular complexity index is 387. The summed E-state index contributed by atoms with van der Waals surface area (Å²) in [5.41, 5.74) is -0.564. The lowest BCUT2D eigenvalue weighted by atomic mass is 9.96. The molecule has 0 saturated carbocycles. The van der Waals surface area contributed by atoms with Crippen LogP contribution in [0.4, 0.5) is 0 Å². The summed E-state index contributed by atoms with van der Waals surface area (Å²) in [5.74, 6) is -1.51. The van der Waals surface area contributed by atoms with E-state index in [0.29, 0.717) is 13.0 Å². The normalized spacial score (nSPS) is 20.1. The van der Waals surface area contributed by atoms with Gasteiger partial charge < -0.3 is 15.3 Å². The quantitative estimate of drug-likeness (QED) is 0.809. The van der Waals surface area contributed by atoms with Gasteiger partial charge >= 0.3 is 5.97 Å². The zero-order valence-electron chi connectivity index (χ0n) is 12.4. The van der Waals surface area contributed by atoms with Crippen LogP contribution in [0.1, 0.15) is 46.5 Å². The number of nitrogens with one attached hydrogen (secondary N) is 1. The minimum atomic E-state index is -0.970. The van der Waals surface area contributed by atoms with Crippen molar-refractivity contribution in [3.8, 4) is 0 Å². The fourth-order valence-corrected chi connectivity index (χ4v) is 2.19. The molecule has 1 aliphatic rings. The van der Waals surface area contributed by atoms with Crippen LogP contribution in [0, 0.1) is 5.41 Å². The number of carbonyl (C=O) groups excluding carboxylic acids is 2. The van der Waals surface area contributed by atoms with E-state index in [2.05, 4.69) is 5.32 Å². The van der Waals surface area contributed by atoms with Crippen LogP contribution in [0.25, 0.3) is 0 Å². The maximum Gasteiger partial charge on any atom is 0.326 e. The summed E-state index contributed by atoms with van der Waals surface area (Å²) in [6.07, 6.45) is 3.04. The number of carboxylic acids is 1. The van der Waals surface area contributed by atoms with E-state index in [1.165, 1.54) is 4.90 Å². The number of hydrogen-bond acceptors (Lipinski definition) is 3. The molecule has 0 aliphatic carbocycles. The van der Waals surface area contributed by atoms with E-state index < -0.39 is 17.4 Å². The molecule has 1 rings (SSSR count). The molecule has 1 atom stereocenters. The van der Waals surface area contributed by atoms with Gasteiger partial charge in [0.2, 0.25) is 11.8 Å². The SMILES string of the molecule is CC(C)(C)C(=O)NCC(=O)N1CCCCCC1C(=O)O. The zero-order valence-corrected chi connectivity index (χ0v) is 12.4. The summed E-state index contributed by atoms with van der Waals surface area (Å²) in [4.78, 5) is 36.5. The Morgan fingerprint density at radius 2 is 1.85 bits per heavy atom. The van der Waals surface area contributed by atoms with Crippen molar-refractivity contribution in [1.82, 2.24) is 10.2 Å². The van der Waals surface area contributed by atoms with E-state index in [1.807, 2.05) is 0 Å². The number of hydrogen-bond donors (Lipinski definition) is 2. The summed E-state index contributed by atoms with van der Waals surface area (Å²) < 4.78 is 0. The first-order chi connectivity index (χ1) is 9.23. The van der Waals surface area contributed by atoms with Crippen LogP contribution in [-0.2, 0) is 14.4 Å². The number of carboxylic acid groups (broad SMARTS) is 1. The molecule has 6 nitrogen and oxygen atoms in total. The van der Waals surface area contributed by atoms with Crippen LogP contribution in [0.15, 0.2) is 0 Å². The van der Waals surface area contributed by atoms with Crippen LogP contribution >= 0.6 is 0 Å². The van der Waals surface area contributed by atoms with Gasteiger partial charge in [0.1, 0.15) is 6.04 Å². The van der Waals surface area contributed by atoms with Gasteiger partial charge in [0.15, 0.2) is 0 Å². The number of amides is 2. The van der Waals surface area contributed by atoms with Crippen LogP contribution in [0.2, 0.25) is 0 Å². The Morgan fingerprint density at radius 3 is 2.40 bits per heavy atom. The summed E-state index contributed by atoms with van der Waals surface area (Å²) in [6, 6.07) is -0.767. The van der Waals surface area contributed by atoms with Crippen LogP contribution < -0.4 is 5.32 Å². The number of aliphatic carboxylic acids is 1. The van der Waals surface area contributed by atoms with Gasteiger partial charge in [0.25, 0.3) is 0 Å². The second-order valence-electron chi connectivity index (χ2n) is 6.22. The fraction of sp³-hybridized carbons (Fsp3) is 0.786. The second-order valence-corrected chi connectivity index (χ2v) is 6.22. The molecule has 1 fully saturated rings. The Morgan fingerprint density at radius 1 is 1.20 bits per heavy atom. The molecule has 114 valence electrons. The molecule has 2 amide bonds. The van der Waals surface area contributed by atoms with E-state index in [9.17, 15) is 19.5 Å². The van der Waals surface area contributed by atoms with Crippen LogP contribution in [0.5, 0.6) is 0 Å². The van der Waals surface area contributed by atoms with E-state index >= 15 is 0 Å². The van der Waals surface area contributed by atoms with Gasteiger partial charge in [-0.1, -0.05) is 33.6 Å². The molecular formula is C14H24N2O4. The van der Waals surface area contributed by atoms with Crippen molar-refractivity contribution in [2.24, 2.45) is 5.41 Å². The molecule has 0 aromatic rings. The molecule has 0 radical (unpaired) electrons.